The molecule has 0 aliphatic heterocycles. The lowest BCUT2D eigenvalue weighted by Gasteiger charge is -2.23. The molecule has 0 heterocycles. The van der Waals surface area contributed by atoms with Crippen molar-refractivity contribution in [2.24, 2.45) is 11.8 Å². The van der Waals surface area contributed by atoms with Crippen molar-refractivity contribution in [2.45, 2.75) is 13.3 Å². The monoisotopic (exact) mass is 208 g/mol. The molecule has 0 aromatic carbocycles. The Bertz CT molecular complexity index is 492. The number of rotatable bonds is 0. The maximum atomic E-state index is 4.20. The van der Waals surface area contributed by atoms with Gasteiger partial charge in [0, 0.05) is 11.8 Å². The first-order valence-corrected chi connectivity index (χ1v) is 5.89. The minimum Gasteiger partial charge on any atom is -0.0952 e. The molecule has 2 atom stereocenters. The molecule has 0 amide bonds. The van der Waals surface area contributed by atoms with Crippen LogP contribution in [0.15, 0.2) is 71.4 Å². The van der Waals surface area contributed by atoms with Crippen molar-refractivity contribution in [1.82, 2.24) is 0 Å². The second kappa shape index (κ2) is 3.48. The molecule has 2 unspecified atom stereocenters. The number of fused-ring (bicyclic) bond motifs is 1. The van der Waals surface area contributed by atoms with E-state index in [1.54, 1.807) is 0 Å². The van der Waals surface area contributed by atoms with Crippen LogP contribution in [0.25, 0.3) is 0 Å². The molecule has 2 bridgehead atoms. The Morgan fingerprint density at radius 1 is 1.00 bits per heavy atom. The SMILES string of the molecule is C=C1C=CC2=CC=CC3=CC=C(C)C1CC23. The first-order chi connectivity index (χ1) is 7.75. The summed E-state index contributed by atoms with van der Waals surface area (Å²) < 4.78 is 0. The third-order valence-corrected chi connectivity index (χ3v) is 3.88. The van der Waals surface area contributed by atoms with E-state index in [-0.39, 0.29) is 0 Å². The lowest BCUT2D eigenvalue weighted by atomic mass is 9.81. The molecule has 3 rings (SSSR count). The topological polar surface area (TPSA) is 0 Å². The highest BCUT2D eigenvalue weighted by molar-refractivity contribution is 5.50. The van der Waals surface area contributed by atoms with Crippen LogP contribution in [0.1, 0.15) is 13.3 Å². The molecule has 0 saturated heterocycles. The van der Waals surface area contributed by atoms with Crippen LogP contribution in [0.4, 0.5) is 0 Å². The Morgan fingerprint density at radius 2 is 1.81 bits per heavy atom. The van der Waals surface area contributed by atoms with E-state index < -0.39 is 0 Å². The van der Waals surface area contributed by atoms with Gasteiger partial charge in [-0.15, -0.1) is 0 Å². The van der Waals surface area contributed by atoms with E-state index in [0.29, 0.717) is 11.8 Å². The highest BCUT2D eigenvalue weighted by Crippen LogP contribution is 2.41. The van der Waals surface area contributed by atoms with E-state index in [0.717, 1.165) is 0 Å². The van der Waals surface area contributed by atoms with Crippen molar-refractivity contribution < 1.29 is 0 Å². The summed E-state index contributed by atoms with van der Waals surface area (Å²) >= 11 is 0. The number of hydrogen-bond donors (Lipinski definition) is 0. The Balaban J connectivity index is 2.17. The van der Waals surface area contributed by atoms with Crippen molar-refractivity contribution in [2.75, 3.05) is 0 Å². The summed E-state index contributed by atoms with van der Waals surface area (Å²) in [4.78, 5) is 0. The van der Waals surface area contributed by atoms with Crippen LogP contribution >= 0.6 is 0 Å². The third-order valence-electron chi connectivity index (χ3n) is 3.88. The van der Waals surface area contributed by atoms with Crippen molar-refractivity contribution in [1.29, 1.82) is 0 Å². The molecule has 3 aliphatic carbocycles. The van der Waals surface area contributed by atoms with Crippen LogP contribution in [0, 0.1) is 11.8 Å². The van der Waals surface area contributed by atoms with Gasteiger partial charge < -0.3 is 0 Å². The summed E-state index contributed by atoms with van der Waals surface area (Å²) in [6.45, 7) is 6.42. The Labute approximate surface area is 97.1 Å². The van der Waals surface area contributed by atoms with Gasteiger partial charge in [0.25, 0.3) is 0 Å². The molecule has 0 aromatic heterocycles. The van der Waals surface area contributed by atoms with E-state index in [1.807, 2.05) is 0 Å². The molecule has 16 heavy (non-hydrogen) atoms. The van der Waals surface area contributed by atoms with Crippen LogP contribution in [0.2, 0.25) is 0 Å². The van der Waals surface area contributed by atoms with Gasteiger partial charge in [-0.1, -0.05) is 54.7 Å². The molecular formula is C16H16. The van der Waals surface area contributed by atoms with Gasteiger partial charge in [0.2, 0.25) is 0 Å². The first-order valence-electron chi connectivity index (χ1n) is 5.89. The largest absolute Gasteiger partial charge is 0.0952 e. The first kappa shape index (κ1) is 9.65. The Morgan fingerprint density at radius 3 is 2.69 bits per heavy atom. The zero-order valence-electron chi connectivity index (χ0n) is 9.61. The highest BCUT2D eigenvalue weighted by Gasteiger charge is 2.28. The Kier molecular flexibility index (Phi) is 2.10. The van der Waals surface area contributed by atoms with Crippen LogP contribution in [0.5, 0.6) is 0 Å². The Hall–Kier alpha value is -1.56. The molecule has 0 fully saturated rings. The normalized spacial score (nSPS) is 31.3. The predicted molar refractivity (Wildman–Crippen MR) is 68.9 cm³/mol. The molecule has 0 N–H and O–H groups in total. The number of allylic oxidation sites excluding steroid dienone is 11. The van der Waals surface area contributed by atoms with Crippen LogP contribution in [-0.4, -0.2) is 0 Å². The molecule has 0 saturated carbocycles. The van der Waals surface area contributed by atoms with Gasteiger partial charge in [-0.05, 0) is 30.1 Å². The van der Waals surface area contributed by atoms with Crippen molar-refractivity contribution in [3.05, 3.63) is 71.4 Å². The van der Waals surface area contributed by atoms with Gasteiger partial charge in [-0.3, -0.25) is 0 Å². The smallest absolute Gasteiger partial charge is 0.00982 e. The van der Waals surface area contributed by atoms with Gasteiger partial charge in [0.05, 0.1) is 0 Å². The molecule has 0 heteroatoms. The minimum absolute atomic E-state index is 0.521. The van der Waals surface area contributed by atoms with E-state index in [9.17, 15) is 0 Å². The fraction of sp³-hybridized carbons (Fsp3) is 0.250. The van der Waals surface area contributed by atoms with E-state index >= 15 is 0 Å². The summed E-state index contributed by atoms with van der Waals surface area (Å²) in [6, 6.07) is 0. The summed E-state index contributed by atoms with van der Waals surface area (Å²) in [5, 5.41) is 0. The van der Waals surface area contributed by atoms with Gasteiger partial charge in [0.15, 0.2) is 0 Å². The fourth-order valence-corrected chi connectivity index (χ4v) is 2.84. The van der Waals surface area contributed by atoms with Gasteiger partial charge in [-0.2, -0.15) is 0 Å². The van der Waals surface area contributed by atoms with Crippen molar-refractivity contribution in [3.63, 3.8) is 0 Å². The van der Waals surface area contributed by atoms with Crippen LogP contribution in [0.3, 0.4) is 0 Å². The molecule has 0 aromatic rings. The standard InChI is InChI=1S/C16H16/c1-11-6-8-13-4-3-5-14-9-7-12(2)15(11)10-16(13)14/h3-9,15-16H,1,10H2,2H3. The quantitative estimate of drug-likeness (QED) is 0.562. The van der Waals surface area contributed by atoms with Crippen LogP contribution in [-0.2, 0) is 0 Å². The van der Waals surface area contributed by atoms with Gasteiger partial charge in [-0.25, -0.2) is 0 Å². The second-order valence-electron chi connectivity index (χ2n) is 4.85. The van der Waals surface area contributed by atoms with E-state index in [2.05, 4.69) is 56.0 Å². The van der Waals surface area contributed by atoms with Gasteiger partial charge in [0.1, 0.15) is 0 Å². The summed E-state index contributed by atoms with van der Waals surface area (Å²) in [5.74, 6) is 1.09. The fourth-order valence-electron chi connectivity index (χ4n) is 2.84. The highest BCUT2D eigenvalue weighted by atomic mass is 14.3. The zero-order valence-corrected chi connectivity index (χ0v) is 9.61. The summed E-state index contributed by atoms with van der Waals surface area (Å²) in [7, 11) is 0. The summed E-state index contributed by atoms with van der Waals surface area (Å²) in [6.07, 6.45) is 16.8. The van der Waals surface area contributed by atoms with Crippen molar-refractivity contribution in [3.8, 4) is 0 Å². The molecule has 0 nitrogen and oxygen atoms in total. The van der Waals surface area contributed by atoms with E-state index in [4.69, 9.17) is 0 Å². The summed E-state index contributed by atoms with van der Waals surface area (Å²) in [5.41, 5.74) is 5.56. The molecular weight excluding hydrogens is 192 g/mol. The predicted octanol–water partition coefficient (Wildman–Crippen LogP) is 4.12. The molecule has 3 aliphatic rings. The van der Waals surface area contributed by atoms with Crippen LogP contribution < -0.4 is 0 Å². The number of hydrogen-bond acceptors (Lipinski definition) is 0. The lowest BCUT2D eigenvalue weighted by Crippen LogP contribution is -2.11. The third kappa shape index (κ3) is 1.37. The van der Waals surface area contributed by atoms with Gasteiger partial charge >= 0.3 is 0 Å². The second-order valence-corrected chi connectivity index (χ2v) is 4.85. The average molecular weight is 208 g/mol. The van der Waals surface area contributed by atoms with Crippen molar-refractivity contribution >= 4 is 0 Å². The maximum Gasteiger partial charge on any atom is 0.00982 e. The molecule has 0 spiro atoms. The molecule has 0 radical (unpaired) electrons. The van der Waals surface area contributed by atoms with E-state index in [1.165, 1.54) is 28.7 Å². The lowest BCUT2D eigenvalue weighted by molar-refractivity contribution is 0.572. The maximum absolute atomic E-state index is 4.20. The zero-order chi connectivity index (χ0) is 11.1. The molecule has 80 valence electrons. The average Bonchev–Trinajstić information content (AvgIpc) is 2.56. The minimum atomic E-state index is 0.521.